The van der Waals surface area contributed by atoms with Gasteiger partial charge < -0.3 is 15.4 Å². The monoisotopic (exact) mass is 369 g/mol. The quantitative estimate of drug-likeness (QED) is 0.749. The molecule has 138 valence electrons. The molecule has 2 heterocycles. The van der Waals surface area contributed by atoms with Crippen LogP contribution in [0, 0.1) is 5.92 Å². The predicted molar refractivity (Wildman–Crippen MR) is 98.8 cm³/mol. The predicted octanol–water partition coefficient (Wildman–Crippen LogP) is 1.84. The molecule has 0 bridgehead atoms. The fraction of sp³-hybridized carbons (Fsp3) is 0.938. The Morgan fingerprint density at radius 1 is 1.26 bits per heavy atom. The van der Waals surface area contributed by atoms with Gasteiger partial charge in [-0.25, -0.2) is 0 Å². The van der Waals surface area contributed by atoms with Crippen LogP contribution in [0.2, 0.25) is 0 Å². The van der Waals surface area contributed by atoms with Gasteiger partial charge in [0.25, 0.3) is 0 Å². The first kappa shape index (κ1) is 22.9. The summed E-state index contributed by atoms with van der Waals surface area (Å²) in [6.07, 6.45) is 4.35. The van der Waals surface area contributed by atoms with E-state index in [1.807, 2.05) is 0 Å². The summed E-state index contributed by atoms with van der Waals surface area (Å²) in [6, 6.07) is 0.301. The van der Waals surface area contributed by atoms with Crippen LogP contribution in [0.3, 0.4) is 0 Å². The average molecular weight is 370 g/mol. The highest BCUT2D eigenvalue weighted by atomic mass is 35.5. The molecule has 0 radical (unpaired) electrons. The Kier molecular flexibility index (Phi) is 12.3. The van der Waals surface area contributed by atoms with E-state index in [0.29, 0.717) is 12.0 Å². The number of ether oxygens (including phenoxy) is 1. The maximum Gasteiger partial charge on any atom is 0.237 e. The van der Waals surface area contributed by atoms with Crippen molar-refractivity contribution in [2.75, 3.05) is 39.4 Å². The molecule has 7 heteroatoms. The Bertz CT molecular complexity index is 318. The number of halogens is 2. The van der Waals surface area contributed by atoms with Gasteiger partial charge in [-0.1, -0.05) is 26.7 Å². The molecule has 0 aromatic carbocycles. The molecular formula is C16H33Cl2N3O2. The zero-order valence-electron chi connectivity index (χ0n) is 14.4. The molecule has 2 N–H and O–H groups in total. The molecule has 2 atom stereocenters. The van der Waals surface area contributed by atoms with Gasteiger partial charge in [-0.15, -0.1) is 24.8 Å². The van der Waals surface area contributed by atoms with Crippen LogP contribution in [-0.4, -0.2) is 62.3 Å². The van der Waals surface area contributed by atoms with Gasteiger partial charge >= 0.3 is 0 Å². The van der Waals surface area contributed by atoms with E-state index in [1.165, 1.54) is 0 Å². The molecular weight excluding hydrogens is 337 g/mol. The van der Waals surface area contributed by atoms with E-state index in [9.17, 15) is 4.79 Å². The van der Waals surface area contributed by atoms with Crippen molar-refractivity contribution in [3.05, 3.63) is 0 Å². The zero-order valence-corrected chi connectivity index (χ0v) is 16.0. The topological polar surface area (TPSA) is 53.6 Å². The second kappa shape index (κ2) is 12.3. The van der Waals surface area contributed by atoms with Gasteiger partial charge in [0.15, 0.2) is 0 Å². The summed E-state index contributed by atoms with van der Waals surface area (Å²) >= 11 is 0. The van der Waals surface area contributed by atoms with Crippen LogP contribution in [0.5, 0.6) is 0 Å². The molecule has 2 unspecified atom stereocenters. The van der Waals surface area contributed by atoms with Crippen molar-refractivity contribution < 1.29 is 9.53 Å². The minimum absolute atomic E-state index is 0. The zero-order chi connectivity index (χ0) is 15.1. The summed E-state index contributed by atoms with van der Waals surface area (Å²) in [7, 11) is 0. The molecule has 23 heavy (non-hydrogen) atoms. The van der Waals surface area contributed by atoms with Crippen molar-refractivity contribution in [1.82, 2.24) is 15.5 Å². The van der Waals surface area contributed by atoms with E-state index in [4.69, 9.17) is 4.74 Å². The lowest BCUT2D eigenvalue weighted by Gasteiger charge is -2.38. The van der Waals surface area contributed by atoms with Gasteiger partial charge in [0.1, 0.15) is 0 Å². The summed E-state index contributed by atoms with van der Waals surface area (Å²) in [5.41, 5.74) is 0. The molecule has 1 amide bonds. The van der Waals surface area contributed by atoms with E-state index in [1.54, 1.807) is 0 Å². The van der Waals surface area contributed by atoms with Crippen molar-refractivity contribution in [1.29, 1.82) is 0 Å². The highest BCUT2D eigenvalue weighted by molar-refractivity contribution is 5.85. The Balaban J connectivity index is 0.00000242. The van der Waals surface area contributed by atoms with Crippen molar-refractivity contribution >= 4 is 30.7 Å². The second-order valence-corrected chi connectivity index (χ2v) is 6.22. The Morgan fingerprint density at radius 2 is 1.91 bits per heavy atom. The third kappa shape index (κ3) is 6.75. The van der Waals surface area contributed by atoms with Gasteiger partial charge in [-0.05, 0) is 25.3 Å². The Hall–Kier alpha value is -0.0700. The highest BCUT2D eigenvalue weighted by Gasteiger charge is 2.33. The number of morpholine rings is 1. The molecule has 5 nitrogen and oxygen atoms in total. The lowest BCUT2D eigenvalue weighted by molar-refractivity contribution is -0.131. The number of rotatable bonds is 6. The smallest absolute Gasteiger partial charge is 0.237 e. The number of hydrogen-bond donors (Lipinski definition) is 2. The van der Waals surface area contributed by atoms with E-state index in [2.05, 4.69) is 29.4 Å². The van der Waals surface area contributed by atoms with Crippen LogP contribution in [0.25, 0.3) is 0 Å². The number of piperidine rings is 1. The van der Waals surface area contributed by atoms with Crippen LogP contribution in [-0.2, 0) is 9.53 Å². The maximum atomic E-state index is 12.8. The normalized spacial score (nSPS) is 23.5. The number of carbonyl (C=O) groups excluding carboxylic acids is 1. The Labute approximate surface area is 153 Å². The van der Waals surface area contributed by atoms with Crippen molar-refractivity contribution in [3.63, 3.8) is 0 Å². The van der Waals surface area contributed by atoms with Gasteiger partial charge in [-0.2, -0.15) is 0 Å². The van der Waals surface area contributed by atoms with Gasteiger partial charge in [0.2, 0.25) is 5.91 Å². The molecule has 0 aromatic heterocycles. The maximum absolute atomic E-state index is 12.8. The fourth-order valence-corrected chi connectivity index (χ4v) is 3.53. The van der Waals surface area contributed by atoms with E-state index < -0.39 is 0 Å². The van der Waals surface area contributed by atoms with E-state index >= 15 is 0 Å². The Morgan fingerprint density at radius 3 is 2.43 bits per heavy atom. The number of amides is 1. The molecule has 2 fully saturated rings. The number of nitrogens with one attached hydrogen (secondary N) is 2. The average Bonchev–Trinajstić information content (AvgIpc) is 2.54. The van der Waals surface area contributed by atoms with Crippen molar-refractivity contribution in [2.24, 2.45) is 5.92 Å². The standard InChI is InChI=1S/C16H31N3O2.2ClH/c1-3-13(4-2)15(19-8-10-21-11-9-19)16(20)18-14-6-5-7-17-12-14;;/h13-15,17H,3-12H2,1-2H3,(H,18,20);2*1H. The summed E-state index contributed by atoms with van der Waals surface area (Å²) in [5.74, 6) is 0.652. The third-order valence-electron chi connectivity index (χ3n) is 4.85. The largest absolute Gasteiger partial charge is 0.379 e. The first-order chi connectivity index (χ1) is 10.3. The lowest BCUT2D eigenvalue weighted by Crippen LogP contribution is -2.57. The van der Waals surface area contributed by atoms with Crippen molar-refractivity contribution in [2.45, 2.75) is 51.6 Å². The number of hydrogen-bond acceptors (Lipinski definition) is 4. The molecule has 2 saturated heterocycles. The lowest BCUT2D eigenvalue weighted by atomic mass is 9.91. The molecule has 2 rings (SSSR count). The van der Waals surface area contributed by atoms with Crippen molar-refractivity contribution in [3.8, 4) is 0 Å². The van der Waals surface area contributed by atoms with Crippen LogP contribution in [0.15, 0.2) is 0 Å². The molecule has 2 aliphatic heterocycles. The van der Waals surface area contributed by atoms with Gasteiger partial charge in [0, 0.05) is 25.7 Å². The third-order valence-corrected chi connectivity index (χ3v) is 4.85. The summed E-state index contributed by atoms with van der Waals surface area (Å²) in [6.45, 7) is 9.60. The first-order valence-electron chi connectivity index (χ1n) is 8.59. The van der Waals surface area contributed by atoms with Gasteiger partial charge in [0.05, 0.1) is 19.3 Å². The molecule has 0 saturated carbocycles. The molecule has 2 aliphatic rings. The molecule has 0 aliphatic carbocycles. The number of nitrogens with zero attached hydrogens (tertiary/aromatic N) is 1. The SMILES string of the molecule is CCC(CC)C(C(=O)NC1CCCNC1)N1CCOCC1.Cl.Cl. The minimum atomic E-state index is 0. The summed E-state index contributed by atoms with van der Waals surface area (Å²) < 4.78 is 5.44. The summed E-state index contributed by atoms with van der Waals surface area (Å²) in [4.78, 5) is 15.2. The van der Waals surface area contributed by atoms with Crippen LogP contribution in [0.1, 0.15) is 39.5 Å². The first-order valence-corrected chi connectivity index (χ1v) is 8.59. The molecule has 0 aromatic rings. The second-order valence-electron chi connectivity index (χ2n) is 6.22. The van der Waals surface area contributed by atoms with E-state index in [0.717, 1.165) is 65.1 Å². The summed E-state index contributed by atoms with van der Waals surface area (Å²) in [5, 5.41) is 6.65. The highest BCUT2D eigenvalue weighted by Crippen LogP contribution is 2.20. The van der Waals surface area contributed by atoms with Crippen LogP contribution < -0.4 is 10.6 Å². The van der Waals surface area contributed by atoms with Crippen LogP contribution in [0.4, 0.5) is 0 Å². The number of carbonyl (C=O) groups is 1. The fourth-order valence-electron chi connectivity index (χ4n) is 3.53. The van der Waals surface area contributed by atoms with Crippen LogP contribution >= 0.6 is 24.8 Å². The molecule has 0 spiro atoms. The van der Waals surface area contributed by atoms with E-state index in [-0.39, 0.29) is 36.8 Å². The van der Waals surface area contributed by atoms with Gasteiger partial charge in [-0.3, -0.25) is 9.69 Å². The minimum Gasteiger partial charge on any atom is -0.379 e.